The highest BCUT2D eigenvalue weighted by Crippen LogP contribution is 2.35. The van der Waals surface area contributed by atoms with E-state index in [2.05, 4.69) is 0 Å². The summed E-state index contributed by atoms with van der Waals surface area (Å²) in [6.45, 7) is 0. The number of anilines is 1. The van der Waals surface area contributed by atoms with E-state index in [1.54, 1.807) is 18.2 Å². The Morgan fingerprint density at radius 2 is 1.90 bits per heavy atom. The van der Waals surface area contributed by atoms with Crippen LogP contribution in [0.4, 0.5) is 5.69 Å². The summed E-state index contributed by atoms with van der Waals surface area (Å²) in [5.74, 6) is 0.474. The van der Waals surface area contributed by atoms with Gasteiger partial charge < -0.3 is 20.9 Å². The Kier molecular flexibility index (Phi) is 3.95. The number of nitrogen functional groups attached to an aromatic ring is 1. The largest absolute Gasteiger partial charge is 0.493 e. The molecule has 0 atom stereocenters. The third kappa shape index (κ3) is 3.04. The number of amides is 1. The van der Waals surface area contributed by atoms with Gasteiger partial charge in [-0.15, -0.1) is 0 Å². The molecule has 0 spiro atoms. The van der Waals surface area contributed by atoms with E-state index in [4.69, 9.17) is 26.2 Å². The first kappa shape index (κ1) is 14.2. The Labute approximate surface area is 121 Å². The minimum atomic E-state index is -0.564. The fourth-order valence-corrected chi connectivity index (χ4v) is 1.72. The molecular formula is C15H13N3O3. The summed E-state index contributed by atoms with van der Waals surface area (Å²) in [5, 5.41) is 8.89. The second kappa shape index (κ2) is 5.84. The van der Waals surface area contributed by atoms with Crippen LogP contribution in [-0.2, 0) is 0 Å². The maximum absolute atomic E-state index is 11.1. The van der Waals surface area contributed by atoms with Gasteiger partial charge in [-0.2, -0.15) is 5.26 Å². The molecule has 2 aromatic carbocycles. The minimum absolute atomic E-state index is 0.304. The molecule has 0 heterocycles. The fraction of sp³-hybridized carbons (Fsp3) is 0.0667. The molecule has 0 bridgehead atoms. The number of carbonyl (C=O) groups is 1. The molecule has 0 saturated heterocycles. The molecule has 0 aliphatic rings. The summed E-state index contributed by atoms with van der Waals surface area (Å²) < 4.78 is 10.8. The van der Waals surface area contributed by atoms with Gasteiger partial charge in [0.15, 0.2) is 17.2 Å². The van der Waals surface area contributed by atoms with E-state index in [0.717, 1.165) is 0 Å². The summed E-state index contributed by atoms with van der Waals surface area (Å²) in [6.07, 6.45) is 0. The zero-order valence-electron chi connectivity index (χ0n) is 11.3. The lowest BCUT2D eigenvalue weighted by Gasteiger charge is -2.12. The van der Waals surface area contributed by atoms with Crippen LogP contribution in [0, 0.1) is 11.3 Å². The van der Waals surface area contributed by atoms with E-state index in [1.165, 1.54) is 25.3 Å². The van der Waals surface area contributed by atoms with Crippen LogP contribution >= 0.6 is 0 Å². The Morgan fingerprint density at radius 1 is 1.14 bits per heavy atom. The molecule has 21 heavy (non-hydrogen) atoms. The zero-order chi connectivity index (χ0) is 15.4. The Bertz CT molecular complexity index is 735. The van der Waals surface area contributed by atoms with Crippen molar-refractivity contribution in [2.24, 2.45) is 5.73 Å². The van der Waals surface area contributed by atoms with Crippen LogP contribution in [0.2, 0.25) is 0 Å². The number of benzene rings is 2. The fourth-order valence-electron chi connectivity index (χ4n) is 1.72. The van der Waals surface area contributed by atoms with E-state index in [0.29, 0.717) is 34.1 Å². The van der Waals surface area contributed by atoms with Gasteiger partial charge in [0.1, 0.15) is 0 Å². The molecule has 4 N–H and O–H groups in total. The van der Waals surface area contributed by atoms with E-state index in [1.807, 2.05) is 6.07 Å². The van der Waals surface area contributed by atoms with Crippen molar-refractivity contribution in [3.05, 3.63) is 47.5 Å². The molecule has 0 unspecified atom stereocenters. The van der Waals surface area contributed by atoms with Crippen molar-refractivity contribution in [3.8, 4) is 23.3 Å². The van der Waals surface area contributed by atoms with Gasteiger partial charge in [-0.25, -0.2) is 0 Å². The lowest BCUT2D eigenvalue weighted by molar-refractivity contribution is 0.1000. The van der Waals surface area contributed by atoms with Crippen molar-refractivity contribution in [2.45, 2.75) is 0 Å². The number of rotatable bonds is 4. The summed E-state index contributed by atoms with van der Waals surface area (Å²) in [5.41, 5.74) is 12.1. The molecule has 6 heteroatoms. The summed E-state index contributed by atoms with van der Waals surface area (Å²) in [4.78, 5) is 11.1. The standard InChI is InChI=1S/C15H13N3O3/c1-20-14-7-10(15(18)19)3-5-12(14)21-13-6-9(8-16)2-4-11(13)17/h2-7H,17H2,1H3,(H2,18,19). The van der Waals surface area contributed by atoms with E-state index >= 15 is 0 Å². The van der Waals surface area contributed by atoms with E-state index < -0.39 is 5.91 Å². The number of primary amides is 1. The molecule has 0 aromatic heterocycles. The van der Waals surface area contributed by atoms with Crippen molar-refractivity contribution in [1.82, 2.24) is 0 Å². The van der Waals surface area contributed by atoms with Gasteiger partial charge in [0, 0.05) is 11.6 Å². The normalized spacial score (nSPS) is 9.71. The van der Waals surface area contributed by atoms with Crippen molar-refractivity contribution >= 4 is 11.6 Å². The SMILES string of the molecule is COc1cc(C(N)=O)ccc1Oc1cc(C#N)ccc1N. The molecule has 0 aliphatic heterocycles. The molecule has 0 fully saturated rings. The summed E-state index contributed by atoms with van der Waals surface area (Å²) >= 11 is 0. The Balaban J connectivity index is 2.40. The predicted molar refractivity (Wildman–Crippen MR) is 77.2 cm³/mol. The lowest BCUT2D eigenvalue weighted by atomic mass is 10.2. The zero-order valence-corrected chi connectivity index (χ0v) is 11.3. The molecule has 0 saturated carbocycles. The van der Waals surface area contributed by atoms with Crippen molar-refractivity contribution in [3.63, 3.8) is 0 Å². The van der Waals surface area contributed by atoms with Gasteiger partial charge in [0.25, 0.3) is 0 Å². The monoisotopic (exact) mass is 283 g/mol. The molecule has 2 rings (SSSR count). The van der Waals surface area contributed by atoms with Gasteiger partial charge in [-0.05, 0) is 30.3 Å². The van der Waals surface area contributed by atoms with E-state index in [9.17, 15) is 4.79 Å². The van der Waals surface area contributed by atoms with Crippen molar-refractivity contribution in [1.29, 1.82) is 5.26 Å². The van der Waals surface area contributed by atoms with Crippen LogP contribution in [0.15, 0.2) is 36.4 Å². The number of nitrogens with zero attached hydrogens (tertiary/aromatic N) is 1. The molecule has 0 radical (unpaired) electrons. The van der Waals surface area contributed by atoms with Gasteiger partial charge in [-0.3, -0.25) is 4.79 Å². The number of nitriles is 1. The molecule has 6 nitrogen and oxygen atoms in total. The van der Waals surface area contributed by atoms with Crippen molar-refractivity contribution in [2.75, 3.05) is 12.8 Å². The average Bonchev–Trinajstić information content (AvgIpc) is 2.49. The van der Waals surface area contributed by atoms with Crippen LogP contribution < -0.4 is 20.9 Å². The highest BCUT2D eigenvalue weighted by atomic mass is 16.5. The minimum Gasteiger partial charge on any atom is -0.493 e. The number of ether oxygens (including phenoxy) is 2. The maximum atomic E-state index is 11.1. The van der Waals surface area contributed by atoms with Gasteiger partial charge >= 0.3 is 0 Å². The number of hydrogen-bond donors (Lipinski definition) is 2. The smallest absolute Gasteiger partial charge is 0.248 e. The maximum Gasteiger partial charge on any atom is 0.248 e. The van der Waals surface area contributed by atoms with E-state index in [-0.39, 0.29) is 0 Å². The molecule has 2 aromatic rings. The highest BCUT2D eigenvalue weighted by molar-refractivity contribution is 5.93. The first-order chi connectivity index (χ1) is 10.0. The number of nitrogens with two attached hydrogens (primary N) is 2. The lowest BCUT2D eigenvalue weighted by Crippen LogP contribution is -2.10. The van der Waals surface area contributed by atoms with Gasteiger partial charge in [0.2, 0.25) is 5.91 Å². The Hall–Kier alpha value is -3.20. The highest BCUT2D eigenvalue weighted by Gasteiger charge is 2.11. The number of hydrogen-bond acceptors (Lipinski definition) is 5. The second-order valence-corrected chi connectivity index (χ2v) is 4.20. The van der Waals surface area contributed by atoms with Crippen molar-refractivity contribution < 1.29 is 14.3 Å². The third-order valence-electron chi connectivity index (χ3n) is 2.81. The van der Waals surface area contributed by atoms with Crippen LogP contribution in [0.5, 0.6) is 17.2 Å². The third-order valence-corrected chi connectivity index (χ3v) is 2.81. The first-order valence-electron chi connectivity index (χ1n) is 6.00. The van der Waals surface area contributed by atoms with Crippen LogP contribution in [-0.4, -0.2) is 13.0 Å². The second-order valence-electron chi connectivity index (χ2n) is 4.20. The Morgan fingerprint density at radius 3 is 2.52 bits per heavy atom. The first-order valence-corrected chi connectivity index (χ1v) is 6.00. The number of carbonyl (C=O) groups excluding carboxylic acids is 1. The predicted octanol–water partition coefficient (Wildman–Crippen LogP) is 2.04. The van der Waals surface area contributed by atoms with Crippen LogP contribution in [0.1, 0.15) is 15.9 Å². The topological polar surface area (TPSA) is 111 Å². The quantitative estimate of drug-likeness (QED) is 0.834. The number of methoxy groups -OCH3 is 1. The van der Waals surface area contributed by atoms with Gasteiger partial charge in [0.05, 0.1) is 24.4 Å². The molecule has 0 aliphatic carbocycles. The molecule has 106 valence electrons. The van der Waals surface area contributed by atoms with Gasteiger partial charge in [-0.1, -0.05) is 0 Å². The molecular weight excluding hydrogens is 270 g/mol. The van der Waals surface area contributed by atoms with Crippen LogP contribution in [0.3, 0.4) is 0 Å². The van der Waals surface area contributed by atoms with Crippen LogP contribution in [0.25, 0.3) is 0 Å². The average molecular weight is 283 g/mol. The summed E-state index contributed by atoms with van der Waals surface area (Å²) in [6, 6.07) is 11.2. The molecule has 1 amide bonds. The summed E-state index contributed by atoms with van der Waals surface area (Å²) in [7, 11) is 1.45.